The zero-order valence-electron chi connectivity index (χ0n) is 8.33. The van der Waals surface area contributed by atoms with E-state index >= 15 is 0 Å². The molecule has 0 radical (unpaired) electrons. The lowest BCUT2D eigenvalue weighted by Gasteiger charge is -2.12. The topological polar surface area (TPSA) is 49.8 Å². The number of nitriles is 1. The Morgan fingerprint density at radius 1 is 1.64 bits per heavy atom. The Morgan fingerprint density at radius 3 is 2.93 bits per heavy atom. The zero-order valence-corrected chi connectivity index (χ0v) is 8.33. The Labute approximate surface area is 84.7 Å². The highest BCUT2D eigenvalue weighted by Gasteiger charge is 2.10. The lowest BCUT2D eigenvalue weighted by Crippen LogP contribution is -2.11. The Bertz CT molecular complexity index is 374. The second-order valence-electron chi connectivity index (χ2n) is 3.28. The summed E-state index contributed by atoms with van der Waals surface area (Å²) in [6.45, 7) is 5.56. The quantitative estimate of drug-likeness (QED) is 0.737. The van der Waals surface area contributed by atoms with Gasteiger partial charge in [-0.1, -0.05) is 24.3 Å². The first-order valence-corrected chi connectivity index (χ1v) is 4.56. The molecule has 72 valence electrons. The van der Waals surface area contributed by atoms with Gasteiger partial charge in [-0.2, -0.15) is 5.26 Å². The molecule has 1 aromatic carbocycles. The molecular formula is C12H14N2. The second kappa shape index (κ2) is 4.59. The summed E-state index contributed by atoms with van der Waals surface area (Å²) in [5, 5.41) is 8.98. The van der Waals surface area contributed by atoms with Gasteiger partial charge in [-0.25, -0.2) is 0 Å². The van der Waals surface area contributed by atoms with E-state index in [0.29, 0.717) is 12.0 Å². The first-order valence-electron chi connectivity index (χ1n) is 4.56. The van der Waals surface area contributed by atoms with Crippen molar-refractivity contribution in [2.45, 2.75) is 19.4 Å². The maximum absolute atomic E-state index is 8.98. The Hall–Kier alpha value is -1.59. The summed E-state index contributed by atoms with van der Waals surface area (Å²) in [6.07, 6.45) is 2.46. The van der Waals surface area contributed by atoms with Gasteiger partial charge >= 0.3 is 0 Å². The van der Waals surface area contributed by atoms with Crippen LogP contribution in [0.5, 0.6) is 0 Å². The molecule has 0 fully saturated rings. The van der Waals surface area contributed by atoms with Crippen molar-refractivity contribution in [1.82, 2.24) is 0 Å². The summed E-state index contributed by atoms with van der Waals surface area (Å²) in [5.74, 6) is 0. The van der Waals surface area contributed by atoms with Gasteiger partial charge in [-0.15, -0.1) is 6.58 Å². The van der Waals surface area contributed by atoms with Gasteiger partial charge in [0.15, 0.2) is 0 Å². The molecule has 2 heteroatoms. The number of hydrogen-bond donors (Lipinski definition) is 1. The van der Waals surface area contributed by atoms with Crippen LogP contribution < -0.4 is 5.73 Å². The van der Waals surface area contributed by atoms with E-state index < -0.39 is 0 Å². The van der Waals surface area contributed by atoms with Crippen molar-refractivity contribution in [3.63, 3.8) is 0 Å². The summed E-state index contributed by atoms with van der Waals surface area (Å²) in [7, 11) is 0. The minimum Gasteiger partial charge on any atom is -0.324 e. The third-order valence-corrected chi connectivity index (χ3v) is 2.24. The summed E-state index contributed by atoms with van der Waals surface area (Å²) in [4.78, 5) is 0. The Morgan fingerprint density at radius 2 is 2.36 bits per heavy atom. The number of rotatable bonds is 3. The lowest BCUT2D eigenvalue weighted by molar-refractivity contribution is 0.738. The molecular weight excluding hydrogens is 172 g/mol. The van der Waals surface area contributed by atoms with Crippen LogP contribution in [0.3, 0.4) is 0 Å². The van der Waals surface area contributed by atoms with Crippen LogP contribution >= 0.6 is 0 Å². The van der Waals surface area contributed by atoms with Crippen LogP contribution in [-0.2, 0) is 0 Å². The van der Waals surface area contributed by atoms with Crippen LogP contribution in [0.4, 0.5) is 0 Å². The summed E-state index contributed by atoms with van der Waals surface area (Å²) >= 11 is 0. The van der Waals surface area contributed by atoms with Crippen LogP contribution in [0.15, 0.2) is 30.9 Å². The van der Waals surface area contributed by atoms with Crippen molar-refractivity contribution >= 4 is 0 Å². The van der Waals surface area contributed by atoms with Crippen LogP contribution in [0.2, 0.25) is 0 Å². The average Bonchev–Trinajstić information content (AvgIpc) is 2.17. The van der Waals surface area contributed by atoms with E-state index in [1.54, 1.807) is 6.08 Å². The predicted molar refractivity (Wildman–Crippen MR) is 57.6 cm³/mol. The first-order chi connectivity index (χ1) is 6.70. The van der Waals surface area contributed by atoms with Crippen molar-refractivity contribution in [3.05, 3.63) is 47.5 Å². The Kier molecular flexibility index (Phi) is 3.44. The van der Waals surface area contributed by atoms with E-state index in [-0.39, 0.29) is 6.04 Å². The van der Waals surface area contributed by atoms with Gasteiger partial charge in [0.1, 0.15) is 0 Å². The number of hydrogen-bond acceptors (Lipinski definition) is 2. The van der Waals surface area contributed by atoms with Crippen molar-refractivity contribution in [2.75, 3.05) is 0 Å². The molecule has 0 aliphatic carbocycles. The SMILES string of the molecule is C=CCC(N)c1cccc(C)c1C#N. The smallest absolute Gasteiger partial charge is 0.0997 e. The van der Waals surface area contributed by atoms with E-state index in [1.807, 2.05) is 25.1 Å². The predicted octanol–water partition coefficient (Wildman–Crippen LogP) is 2.44. The van der Waals surface area contributed by atoms with Crippen molar-refractivity contribution in [1.29, 1.82) is 5.26 Å². The largest absolute Gasteiger partial charge is 0.324 e. The molecule has 1 unspecified atom stereocenters. The van der Waals surface area contributed by atoms with Gasteiger partial charge in [0.05, 0.1) is 11.6 Å². The first kappa shape index (κ1) is 10.5. The fourth-order valence-corrected chi connectivity index (χ4v) is 1.46. The van der Waals surface area contributed by atoms with E-state index in [9.17, 15) is 0 Å². The highest BCUT2D eigenvalue weighted by molar-refractivity contribution is 5.45. The van der Waals surface area contributed by atoms with Crippen LogP contribution in [-0.4, -0.2) is 0 Å². The average molecular weight is 186 g/mol. The van der Waals surface area contributed by atoms with Crippen LogP contribution in [0, 0.1) is 18.3 Å². The Balaban J connectivity index is 3.14. The van der Waals surface area contributed by atoms with E-state index in [0.717, 1.165) is 11.1 Å². The van der Waals surface area contributed by atoms with E-state index in [1.165, 1.54) is 0 Å². The standard InChI is InChI=1S/C12H14N2/c1-3-5-12(14)10-7-4-6-9(2)11(10)8-13/h3-4,6-7,12H,1,5,14H2,2H3. The molecule has 0 bridgehead atoms. The highest BCUT2D eigenvalue weighted by atomic mass is 14.6. The molecule has 0 amide bonds. The highest BCUT2D eigenvalue weighted by Crippen LogP contribution is 2.21. The number of nitrogens with zero attached hydrogens (tertiary/aromatic N) is 1. The number of aryl methyl sites for hydroxylation is 1. The monoisotopic (exact) mass is 186 g/mol. The van der Waals surface area contributed by atoms with Gasteiger partial charge in [-0.05, 0) is 24.5 Å². The number of benzene rings is 1. The molecule has 0 saturated heterocycles. The molecule has 14 heavy (non-hydrogen) atoms. The molecule has 0 aliphatic rings. The summed E-state index contributed by atoms with van der Waals surface area (Å²) < 4.78 is 0. The molecule has 0 aromatic heterocycles. The zero-order chi connectivity index (χ0) is 10.6. The minimum absolute atomic E-state index is 0.123. The maximum Gasteiger partial charge on any atom is 0.0997 e. The maximum atomic E-state index is 8.98. The van der Waals surface area contributed by atoms with Gasteiger partial charge < -0.3 is 5.73 Å². The van der Waals surface area contributed by atoms with Gasteiger partial charge in [0.2, 0.25) is 0 Å². The molecule has 0 spiro atoms. The molecule has 1 atom stereocenters. The molecule has 0 saturated carbocycles. The molecule has 0 aliphatic heterocycles. The molecule has 1 rings (SSSR count). The third-order valence-electron chi connectivity index (χ3n) is 2.24. The minimum atomic E-state index is -0.123. The summed E-state index contributed by atoms with van der Waals surface area (Å²) in [6, 6.07) is 7.81. The third kappa shape index (κ3) is 2.01. The van der Waals surface area contributed by atoms with Gasteiger partial charge in [0, 0.05) is 6.04 Å². The summed E-state index contributed by atoms with van der Waals surface area (Å²) in [5.41, 5.74) is 8.51. The molecule has 2 nitrogen and oxygen atoms in total. The van der Waals surface area contributed by atoms with Gasteiger partial charge in [0.25, 0.3) is 0 Å². The van der Waals surface area contributed by atoms with Gasteiger partial charge in [-0.3, -0.25) is 0 Å². The normalized spacial score (nSPS) is 11.8. The van der Waals surface area contributed by atoms with E-state index in [4.69, 9.17) is 11.0 Å². The van der Waals surface area contributed by atoms with Crippen molar-refractivity contribution < 1.29 is 0 Å². The second-order valence-corrected chi connectivity index (χ2v) is 3.28. The molecule has 1 aromatic rings. The fraction of sp³-hybridized carbons (Fsp3) is 0.250. The lowest BCUT2D eigenvalue weighted by atomic mass is 9.96. The van der Waals surface area contributed by atoms with Crippen molar-refractivity contribution in [2.24, 2.45) is 5.73 Å². The van der Waals surface area contributed by atoms with Crippen molar-refractivity contribution in [3.8, 4) is 6.07 Å². The van der Waals surface area contributed by atoms with Crippen LogP contribution in [0.25, 0.3) is 0 Å². The fourth-order valence-electron chi connectivity index (χ4n) is 1.46. The molecule has 0 heterocycles. The van der Waals surface area contributed by atoms with E-state index in [2.05, 4.69) is 12.6 Å². The number of nitrogens with two attached hydrogens (primary N) is 1. The molecule has 2 N–H and O–H groups in total. The van der Waals surface area contributed by atoms with Crippen LogP contribution in [0.1, 0.15) is 29.2 Å².